The standard InChI is InChI=1S/C27H30N4O7S2/c1-4-40(35,36)21-16-39-26(28-21)30-24(32)23(17(2)18-8-6-5-7-9-18)31-25(33)22(29-27(31)34)19-10-12-20(13-11-19)38-15-14-37-3/h5-13,16-17,23,33H,4,14-15H2,1-3H3,(H,29,34)(H,28,30,32)/t17-,23-/m0/s1. The van der Waals surface area contributed by atoms with Crippen LogP contribution in [-0.2, 0) is 19.4 Å². The summed E-state index contributed by atoms with van der Waals surface area (Å²) in [5.41, 5.74) is 0.706. The molecule has 0 unspecified atom stereocenters. The van der Waals surface area contributed by atoms with E-state index in [1.165, 1.54) is 12.3 Å². The molecule has 4 rings (SSSR count). The van der Waals surface area contributed by atoms with Crippen molar-refractivity contribution >= 4 is 32.2 Å². The number of aromatic amines is 1. The number of ether oxygens (including phenoxy) is 2. The average Bonchev–Trinajstić information content (AvgIpc) is 3.55. The molecule has 0 saturated carbocycles. The van der Waals surface area contributed by atoms with Gasteiger partial charge in [0.25, 0.3) is 0 Å². The number of amides is 1. The molecule has 212 valence electrons. The number of anilines is 1. The molecule has 2 heterocycles. The molecular weight excluding hydrogens is 556 g/mol. The van der Waals surface area contributed by atoms with Gasteiger partial charge in [-0.25, -0.2) is 22.8 Å². The van der Waals surface area contributed by atoms with Gasteiger partial charge in [0.15, 0.2) is 20.0 Å². The van der Waals surface area contributed by atoms with E-state index in [4.69, 9.17) is 9.47 Å². The Morgan fingerprint density at radius 1 is 1.15 bits per heavy atom. The summed E-state index contributed by atoms with van der Waals surface area (Å²) in [7, 11) is -1.99. The van der Waals surface area contributed by atoms with Crippen molar-refractivity contribution in [1.82, 2.24) is 14.5 Å². The molecule has 0 aliphatic carbocycles. The van der Waals surface area contributed by atoms with Crippen molar-refractivity contribution in [3.8, 4) is 22.9 Å². The summed E-state index contributed by atoms with van der Waals surface area (Å²) in [4.78, 5) is 33.6. The van der Waals surface area contributed by atoms with Crippen LogP contribution in [-0.4, -0.2) is 60.0 Å². The molecule has 11 nitrogen and oxygen atoms in total. The van der Waals surface area contributed by atoms with E-state index >= 15 is 0 Å². The fourth-order valence-electron chi connectivity index (χ4n) is 4.15. The van der Waals surface area contributed by atoms with Crippen molar-refractivity contribution < 1.29 is 27.8 Å². The smallest absolute Gasteiger partial charge is 0.329 e. The van der Waals surface area contributed by atoms with Gasteiger partial charge in [-0.15, -0.1) is 11.3 Å². The molecule has 0 aliphatic heterocycles. The monoisotopic (exact) mass is 586 g/mol. The highest BCUT2D eigenvalue weighted by Crippen LogP contribution is 2.36. The maximum atomic E-state index is 13.7. The number of imidazole rings is 1. The number of aromatic hydroxyl groups is 1. The lowest BCUT2D eigenvalue weighted by atomic mass is 9.92. The zero-order chi connectivity index (χ0) is 28.9. The number of carbonyl (C=O) groups excluding carboxylic acids is 1. The van der Waals surface area contributed by atoms with Crippen molar-refractivity contribution in [1.29, 1.82) is 0 Å². The second kappa shape index (κ2) is 12.5. The molecule has 0 aliphatic rings. The first-order valence-electron chi connectivity index (χ1n) is 12.5. The van der Waals surface area contributed by atoms with Crippen LogP contribution in [0.2, 0.25) is 0 Å². The van der Waals surface area contributed by atoms with Crippen LogP contribution in [0.3, 0.4) is 0 Å². The molecule has 3 N–H and O–H groups in total. The number of aromatic nitrogens is 3. The molecule has 4 aromatic rings. The third-order valence-electron chi connectivity index (χ3n) is 6.36. The summed E-state index contributed by atoms with van der Waals surface area (Å²) in [6, 6.07) is 14.6. The first-order chi connectivity index (χ1) is 19.2. The molecule has 0 spiro atoms. The van der Waals surface area contributed by atoms with Gasteiger partial charge in [-0.2, -0.15) is 0 Å². The van der Waals surface area contributed by atoms with Crippen LogP contribution < -0.4 is 15.7 Å². The van der Waals surface area contributed by atoms with Crippen molar-refractivity contribution in [2.24, 2.45) is 0 Å². The Morgan fingerprint density at radius 2 is 1.85 bits per heavy atom. The molecular formula is C27H30N4O7S2. The minimum absolute atomic E-state index is 0.0645. The fraction of sp³-hybridized carbons (Fsp3) is 0.296. The van der Waals surface area contributed by atoms with Gasteiger partial charge in [-0.3, -0.25) is 4.79 Å². The number of nitrogens with one attached hydrogen (secondary N) is 2. The minimum Gasteiger partial charge on any atom is -0.493 e. The zero-order valence-corrected chi connectivity index (χ0v) is 23.8. The van der Waals surface area contributed by atoms with E-state index in [1.807, 2.05) is 30.3 Å². The number of methoxy groups -OCH3 is 1. The Bertz CT molecular complexity index is 1610. The molecule has 2 aromatic heterocycles. The topological polar surface area (TPSA) is 153 Å². The number of carbonyl (C=O) groups is 1. The SMILES string of the molecule is CCS(=O)(=O)c1csc(NC(=O)[C@H]([C@@H](C)c2ccccc2)n2c(O)c(-c3ccc(OCCOC)cc3)[nH]c2=O)n1. The molecule has 13 heteroatoms. The van der Waals surface area contributed by atoms with Crippen LogP contribution in [0.4, 0.5) is 5.13 Å². The van der Waals surface area contributed by atoms with Crippen LogP contribution in [0, 0.1) is 0 Å². The Morgan fingerprint density at radius 3 is 2.50 bits per heavy atom. The van der Waals surface area contributed by atoms with Gasteiger partial charge in [0, 0.05) is 24.0 Å². The number of sulfone groups is 1. The van der Waals surface area contributed by atoms with Gasteiger partial charge in [0.1, 0.15) is 24.1 Å². The van der Waals surface area contributed by atoms with E-state index in [0.717, 1.165) is 21.5 Å². The molecule has 2 aromatic carbocycles. The summed E-state index contributed by atoms with van der Waals surface area (Å²) in [6.45, 7) is 4.07. The molecule has 1 amide bonds. The van der Waals surface area contributed by atoms with Gasteiger partial charge in [0.05, 0.1) is 12.4 Å². The quantitative estimate of drug-likeness (QED) is 0.212. The van der Waals surface area contributed by atoms with E-state index in [-0.39, 0.29) is 21.6 Å². The van der Waals surface area contributed by atoms with E-state index in [9.17, 15) is 23.1 Å². The van der Waals surface area contributed by atoms with Crippen LogP contribution in [0.5, 0.6) is 11.6 Å². The highest BCUT2D eigenvalue weighted by atomic mass is 32.2. The van der Waals surface area contributed by atoms with Crippen molar-refractivity contribution in [2.75, 3.05) is 31.4 Å². The van der Waals surface area contributed by atoms with Crippen LogP contribution >= 0.6 is 11.3 Å². The first kappa shape index (κ1) is 29.1. The van der Waals surface area contributed by atoms with Gasteiger partial charge in [-0.1, -0.05) is 44.2 Å². The highest BCUT2D eigenvalue weighted by molar-refractivity contribution is 7.91. The summed E-state index contributed by atoms with van der Waals surface area (Å²) >= 11 is 0.959. The number of thiazole rings is 1. The van der Waals surface area contributed by atoms with Crippen molar-refractivity contribution in [2.45, 2.75) is 30.8 Å². The molecule has 0 fully saturated rings. The van der Waals surface area contributed by atoms with Gasteiger partial charge >= 0.3 is 5.69 Å². The second-order valence-corrected chi connectivity index (χ2v) is 12.0. The van der Waals surface area contributed by atoms with Gasteiger partial charge in [-0.05, 0) is 29.8 Å². The second-order valence-electron chi connectivity index (χ2n) is 8.89. The fourth-order valence-corrected chi connectivity index (χ4v) is 6.04. The molecule has 2 atom stereocenters. The maximum absolute atomic E-state index is 13.7. The van der Waals surface area contributed by atoms with E-state index in [1.54, 1.807) is 38.3 Å². The molecule has 0 saturated heterocycles. The predicted molar refractivity (Wildman–Crippen MR) is 152 cm³/mol. The Labute approximate surface area is 235 Å². The van der Waals surface area contributed by atoms with Crippen LogP contribution in [0.25, 0.3) is 11.3 Å². The first-order valence-corrected chi connectivity index (χ1v) is 15.0. The normalized spacial score (nSPS) is 13.1. The number of benzene rings is 2. The average molecular weight is 587 g/mol. The van der Waals surface area contributed by atoms with Gasteiger partial charge < -0.3 is 24.9 Å². The van der Waals surface area contributed by atoms with E-state index in [2.05, 4.69) is 15.3 Å². The van der Waals surface area contributed by atoms with Crippen LogP contribution in [0.15, 0.2) is 69.8 Å². The largest absolute Gasteiger partial charge is 0.493 e. The lowest BCUT2D eigenvalue weighted by Gasteiger charge is -2.24. The molecule has 40 heavy (non-hydrogen) atoms. The summed E-state index contributed by atoms with van der Waals surface area (Å²) < 4.78 is 35.9. The van der Waals surface area contributed by atoms with E-state index < -0.39 is 39.3 Å². The molecule has 0 bridgehead atoms. The van der Waals surface area contributed by atoms with Gasteiger partial charge in [0.2, 0.25) is 11.8 Å². The summed E-state index contributed by atoms with van der Waals surface area (Å²) in [5, 5.41) is 15.2. The van der Waals surface area contributed by atoms with Crippen LogP contribution in [0.1, 0.15) is 31.4 Å². The number of H-pyrrole nitrogens is 1. The predicted octanol–water partition coefficient (Wildman–Crippen LogP) is 3.81. The zero-order valence-electron chi connectivity index (χ0n) is 22.2. The van der Waals surface area contributed by atoms with E-state index in [0.29, 0.717) is 24.5 Å². The molecule has 0 radical (unpaired) electrons. The Kier molecular flexibility index (Phi) is 9.07. The third kappa shape index (κ3) is 6.27. The number of hydrogen-bond acceptors (Lipinski definition) is 9. The Hall–Kier alpha value is -3.94. The third-order valence-corrected chi connectivity index (χ3v) is 8.87. The lowest BCUT2D eigenvalue weighted by molar-refractivity contribution is -0.120. The maximum Gasteiger partial charge on any atom is 0.329 e. The number of hydrogen-bond donors (Lipinski definition) is 3. The lowest BCUT2D eigenvalue weighted by Crippen LogP contribution is -2.35. The van der Waals surface area contributed by atoms with Crippen molar-refractivity contribution in [3.05, 3.63) is 76.0 Å². The summed E-state index contributed by atoms with van der Waals surface area (Å²) in [6.07, 6.45) is 0. The summed E-state index contributed by atoms with van der Waals surface area (Å²) in [5.74, 6) is -1.17. The Balaban J connectivity index is 1.70. The highest BCUT2D eigenvalue weighted by Gasteiger charge is 2.34. The minimum atomic E-state index is -3.56. The van der Waals surface area contributed by atoms with Crippen molar-refractivity contribution in [3.63, 3.8) is 0 Å². The number of rotatable bonds is 12. The number of nitrogens with zero attached hydrogens (tertiary/aromatic N) is 2.